The molecule has 80 valence electrons. The molecule has 3 N–H and O–H groups in total. The van der Waals surface area contributed by atoms with E-state index in [-0.39, 0.29) is 12.4 Å². The van der Waals surface area contributed by atoms with Crippen LogP contribution in [-0.2, 0) is 9.84 Å². The first kappa shape index (κ1) is 11.6. The fourth-order valence-corrected chi connectivity index (χ4v) is 3.64. The molecule has 0 aliphatic carbocycles. The van der Waals surface area contributed by atoms with Gasteiger partial charge in [-0.3, -0.25) is 0 Å². The Balaban J connectivity index is 2.68. The molecule has 0 amide bonds. The summed E-state index contributed by atoms with van der Waals surface area (Å²) in [5, 5.41) is 10.3. The van der Waals surface area contributed by atoms with Crippen LogP contribution in [0.15, 0.2) is 21.7 Å². The second-order valence-electron chi connectivity index (χ2n) is 2.99. The predicted octanol–water partition coefficient (Wildman–Crippen LogP) is 0.231. The number of aliphatic hydroxyl groups is 1. The molecule has 0 bridgehead atoms. The van der Waals surface area contributed by atoms with E-state index >= 15 is 0 Å². The molecule has 0 aliphatic heterocycles. The zero-order valence-electron chi connectivity index (χ0n) is 7.59. The first-order chi connectivity index (χ1) is 6.56. The average molecular weight is 235 g/mol. The molecule has 0 aliphatic rings. The van der Waals surface area contributed by atoms with Crippen LogP contribution in [0, 0.1) is 0 Å². The summed E-state index contributed by atoms with van der Waals surface area (Å²) in [6.07, 6.45) is 0.310. The highest BCUT2D eigenvalue weighted by molar-refractivity contribution is 7.93. The van der Waals surface area contributed by atoms with E-state index in [0.29, 0.717) is 10.6 Å². The third kappa shape index (κ3) is 3.06. The summed E-state index contributed by atoms with van der Waals surface area (Å²) in [5.74, 6) is -0.103. The standard InChI is InChI=1S/C8H13NO3S2/c9-7(3-4-10)6-14(11,12)8-2-1-5-13-8/h1-2,5,7,10H,3-4,6,9H2. The Morgan fingerprint density at radius 2 is 2.29 bits per heavy atom. The molecule has 0 fully saturated rings. The van der Waals surface area contributed by atoms with Gasteiger partial charge < -0.3 is 10.8 Å². The van der Waals surface area contributed by atoms with Crippen LogP contribution in [0.3, 0.4) is 0 Å². The maximum atomic E-state index is 11.6. The summed E-state index contributed by atoms with van der Waals surface area (Å²) in [7, 11) is -3.26. The van der Waals surface area contributed by atoms with Gasteiger partial charge in [-0.1, -0.05) is 6.07 Å². The van der Waals surface area contributed by atoms with Gasteiger partial charge in [0.25, 0.3) is 0 Å². The Morgan fingerprint density at radius 1 is 1.57 bits per heavy atom. The molecule has 14 heavy (non-hydrogen) atoms. The Morgan fingerprint density at radius 3 is 2.79 bits per heavy atom. The van der Waals surface area contributed by atoms with Crippen molar-refractivity contribution >= 4 is 21.2 Å². The molecule has 1 aromatic heterocycles. The third-order valence-corrected chi connectivity index (χ3v) is 5.06. The monoisotopic (exact) mass is 235 g/mol. The van der Waals surface area contributed by atoms with Gasteiger partial charge in [-0.05, 0) is 17.9 Å². The van der Waals surface area contributed by atoms with Crippen molar-refractivity contribution in [3.8, 4) is 0 Å². The van der Waals surface area contributed by atoms with Crippen molar-refractivity contribution in [1.82, 2.24) is 0 Å². The number of rotatable bonds is 5. The molecule has 0 radical (unpaired) electrons. The van der Waals surface area contributed by atoms with Crippen LogP contribution in [0.25, 0.3) is 0 Å². The van der Waals surface area contributed by atoms with Gasteiger partial charge in [0.05, 0.1) is 5.75 Å². The fourth-order valence-electron chi connectivity index (χ4n) is 1.05. The smallest absolute Gasteiger partial charge is 0.189 e. The lowest BCUT2D eigenvalue weighted by atomic mass is 10.3. The summed E-state index contributed by atoms with van der Waals surface area (Å²) in [5.41, 5.74) is 5.54. The van der Waals surface area contributed by atoms with Gasteiger partial charge in [0.2, 0.25) is 0 Å². The molecular weight excluding hydrogens is 222 g/mol. The van der Waals surface area contributed by atoms with Crippen LogP contribution in [0.4, 0.5) is 0 Å². The topological polar surface area (TPSA) is 80.4 Å². The highest BCUT2D eigenvalue weighted by Gasteiger charge is 2.19. The minimum Gasteiger partial charge on any atom is -0.396 e. The zero-order valence-corrected chi connectivity index (χ0v) is 9.22. The van der Waals surface area contributed by atoms with Crippen LogP contribution < -0.4 is 5.73 Å². The van der Waals surface area contributed by atoms with Gasteiger partial charge >= 0.3 is 0 Å². The van der Waals surface area contributed by atoms with Gasteiger partial charge in [-0.25, -0.2) is 8.42 Å². The van der Waals surface area contributed by atoms with E-state index in [2.05, 4.69) is 0 Å². The molecule has 6 heteroatoms. The SMILES string of the molecule is NC(CCO)CS(=O)(=O)c1cccs1. The van der Waals surface area contributed by atoms with Crippen molar-refractivity contribution < 1.29 is 13.5 Å². The summed E-state index contributed by atoms with van der Waals surface area (Å²) in [6, 6.07) is 2.76. The van der Waals surface area contributed by atoms with E-state index in [1.165, 1.54) is 11.3 Å². The van der Waals surface area contributed by atoms with Gasteiger partial charge in [-0.2, -0.15) is 0 Å². The van der Waals surface area contributed by atoms with E-state index in [9.17, 15) is 8.42 Å². The third-order valence-electron chi connectivity index (χ3n) is 1.73. The van der Waals surface area contributed by atoms with Gasteiger partial charge in [-0.15, -0.1) is 11.3 Å². The summed E-state index contributed by atoms with van der Waals surface area (Å²) in [4.78, 5) is 0. The molecule has 0 saturated heterocycles. The lowest BCUT2D eigenvalue weighted by molar-refractivity contribution is 0.279. The predicted molar refractivity (Wildman–Crippen MR) is 56.1 cm³/mol. The van der Waals surface area contributed by atoms with Gasteiger partial charge in [0.1, 0.15) is 4.21 Å². The van der Waals surface area contributed by atoms with E-state index in [1.807, 2.05) is 0 Å². The highest BCUT2D eigenvalue weighted by atomic mass is 32.2. The van der Waals surface area contributed by atoms with E-state index in [1.54, 1.807) is 17.5 Å². The lowest BCUT2D eigenvalue weighted by Gasteiger charge is -2.08. The average Bonchev–Trinajstić information content (AvgIpc) is 2.54. The molecule has 1 rings (SSSR count). The van der Waals surface area contributed by atoms with Crippen LogP contribution in [0.2, 0.25) is 0 Å². The Kier molecular flexibility index (Phi) is 4.06. The second-order valence-corrected chi connectivity index (χ2v) is 6.19. The number of thiophene rings is 1. The van der Waals surface area contributed by atoms with Crippen LogP contribution >= 0.6 is 11.3 Å². The van der Waals surface area contributed by atoms with Crippen molar-refractivity contribution in [2.75, 3.05) is 12.4 Å². The Labute approximate surface area is 87.3 Å². The molecule has 1 atom stereocenters. The summed E-state index contributed by atoms with van der Waals surface area (Å²) in [6.45, 7) is -0.0822. The molecule has 0 spiro atoms. The largest absolute Gasteiger partial charge is 0.396 e. The first-order valence-electron chi connectivity index (χ1n) is 4.19. The van der Waals surface area contributed by atoms with Crippen molar-refractivity contribution in [3.63, 3.8) is 0 Å². The number of hydrogen-bond acceptors (Lipinski definition) is 5. The number of sulfone groups is 1. The van der Waals surface area contributed by atoms with Crippen molar-refractivity contribution in [2.24, 2.45) is 5.73 Å². The fraction of sp³-hybridized carbons (Fsp3) is 0.500. The molecule has 4 nitrogen and oxygen atoms in total. The quantitative estimate of drug-likeness (QED) is 0.765. The van der Waals surface area contributed by atoms with Gasteiger partial charge in [0.15, 0.2) is 9.84 Å². The number of hydrogen-bond donors (Lipinski definition) is 2. The Hall–Kier alpha value is -0.430. The number of aliphatic hydroxyl groups excluding tert-OH is 1. The summed E-state index contributed by atoms with van der Waals surface area (Å²) < 4.78 is 23.6. The van der Waals surface area contributed by atoms with E-state index in [0.717, 1.165) is 0 Å². The molecule has 1 aromatic rings. The molecule has 1 heterocycles. The normalized spacial score (nSPS) is 14.1. The van der Waals surface area contributed by atoms with Crippen LogP contribution in [0.1, 0.15) is 6.42 Å². The van der Waals surface area contributed by atoms with Crippen LogP contribution in [0.5, 0.6) is 0 Å². The summed E-state index contributed by atoms with van der Waals surface area (Å²) >= 11 is 1.18. The molecule has 1 unspecified atom stereocenters. The second kappa shape index (κ2) is 4.88. The maximum absolute atomic E-state index is 11.6. The van der Waals surface area contributed by atoms with Crippen molar-refractivity contribution in [1.29, 1.82) is 0 Å². The maximum Gasteiger partial charge on any atom is 0.189 e. The molecule has 0 saturated carbocycles. The van der Waals surface area contributed by atoms with E-state index in [4.69, 9.17) is 10.8 Å². The molecular formula is C8H13NO3S2. The Bertz CT molecular complexity index is 358. The van der Waals surface area contributed by atoms with E-state index < -0.39 is 15.9 Å². The first-order valence-corrected chi connectivity index (χ1v) is 6.72. The van der Waals surface area contributed by atoms with Crippen molar-refractivity contribution in [2.45, 2.75) is 16.7 Å². The minimum absolute atomic E-state index is 0.0822. The lowest BCUT2D eigenvalue weighted by Crippen LogP contribution is -2.30. The van der Waals surface area contributed by atoms with Gasteiger partial charge in [0, 0.05) is 12.6 Å². The van der Waals surface area contributed by atoms with Crippen LogP contribution in [-0.4, -0.2) is 31.9 Å². The zero-order chi connectivity index (χ0) is 10.6. The van der Waals surface area contributed by atoms with Crippen molar-refractivity contribution in [3.05, 3.63) is 17.5 Å². The molecule has 0 aromatic carbocycles. The number of nitrogens with two attached hydrogens (primary N) is 1. The highest BCUT2D eigenvalue weighted by Crippen LogP contribution is 2.18. The minimum atomic E-state index is -3.26.